The first-order valence-electron chi connectivity index (χ1n) is 12.4. The van der Waals surface area contributed by atoms with Crippen LogP contribution >= 0.6 is 11.3 Å². The number of nitrogens with two attached hydrogens (primary N) is 1. The number of fused-ring (bicyclic) bond motifs is 1. The van der Waals surface area contributed by atoms with Gasteiger partial charge in [0.25, 0.3) is 0 Å². The molecule has 1 aliphatic carbocycles. The Morgan fingerprint density at radius 3 is 2.76 bits per heavy atom. The minimum absolute atomic E-state index is 0.0692. The molecule has 8 nitrogen and oxygen atoms in total. The van der Waals surface area contributed by atoms with Crippen LogP contribution in [0.5, 0.6) is 11.5 Å². The van der Waals surface area contributed by atoms with E-state index in [1.54, 1.807) is 18.3 Å². The van der Waals surface area contributed by atoms with Gasteiger partial charge in [-0.1, -0.05) is 6.07 Å². The lowest BCUT2D eigenvalue weighted by Gasteiger charge is -2.14. The predicted octanol–water partition coefficient (Wildman–Crippen LogP) is 5.11. The average molecular weight is 519 g/mol. The number of likely N-dealkylation sites (tertiary alicyclic amines) is 1. The van der Waals surface area contributed by atoms with Gasteiger partial charge in [0.15, 0.2) is 11.6 Å². The van der Waals surface area contributed by atoms with Gasteiger partial charge in [-0.25, -0.2) is 9.18 Å². The number of carbonyl (C=O) groups excluding carboxylic acids is 1. The van der Waals surface area contributed by atoms with Crippen LogP contribution in [0.15, 0.2) is 54.9 Å². The Labute approximate surface area is 217 Å². The molecule has 190 valence electrons. The van der Waals surface area contributed by atoms with Gasteiger partial charge >= 0.3 is 6.03 Å². The number of anilines is 1. The van der Waals surface area contributed by atoms with Crippen LogP contribution in [0, 0.1) is 5.82 Å². The third kappa shape index (κ3) is 5.56. The highest BCUT2D eigenvalue weighted by Crippen LogP contribution is 2.39. The number of hydrogen-bond donors (Lipinski definition) is 3. The van der Waals surface area contributed by atoms with Crippen molar-refractivity contribution in [3.8, 4) is 22.1 Å². The van der Waals surface area contributed by atoms with E-state index in [0.717, 1.165) is 65.2 Å². The monoisotopic (exact) mass is 518 g/mol. The first kappa shape index (κ1) is 23.8. The largest absolute Gasteiger partial charge is 0.453 e. The molecule has 37 heavy (non-hydrogen) atoms. The highest BCUT2D eigenvalue weighted by molar-refractivity contribution is 7.22. The molecule has 3 aromatic heterocycles. The molecule has 1 saturated heterocycles. The number of hydrogen-bond acceptors (Lipinski definition) is 7. The summed E-state index contributed by atoms with van der Waals surface area (Å²) < 4.78 is 21.6. The number of thiophene rings is 1. The van der Waals surface area contributed by atoms with Crippen LogP contribution in [0.2, 0.25) is 0 Å². The zero-order chi connectivity index (χ0) is 25.4. The van der Waals surface area contributed by atoms with E-state index in [1.807, 2.05) is 18.3 Å². The summed E-state index contributed by atoms with van der Waals surface area (Å²) in [6.45, 7) is 2.78. The Bertz CT molecular complexity index is 1440. The van der Waals surface area contributed by atoms with E-state index in [9.17, 15) is 9.18 Å². The second-order valence-corrected chi connectivity index (χ2v) is 10.6. The Morgan fingerprint density at radius 2 is 2.03 bits per heavy atom. The summed E-state index contributed by atoms with van der Waals surface area (Å²) in [7, 11) is 0. The first-order chi connectivity index (χ1) is 18.0. The van der Waals surface area contributed by atoms with E-state index >= 15 is 0 Å². The fourth-order valence-electron chi connectivity index (χ4n) is 4.41. The maximum Gasteiger partial charge on any atom is 0.319 e. The molecule has 1 aromatic carbocycles. The Kier molecular flexibility index (Phi) is 6.45. The van der Waals surface area contributed by atoms with Crippen molar-refractivity contribution in [1.29, 1.82) is 0 Å². The Balaban J connectivity index is 1.17. The van der Waals surface area contributed by atoms with Gasteiger partial charge in [0.05, 0.1) is 20.8 Å². The number of nitrogens with zero attached hydrogens (tertiary/aromatic N) is 3. The number of carbonyl (C=O) groups is 1. The summed E-state index contributed by atoms with van der Waals surface area (Å²) in [5, 5.41) is 5.46. The van der Waals surface area contributed by atoms with Crippen LogP contribution in [0.1, 0.15) is 24.8 Å². The lowest BCUT2D eigenvalue weighted by Crippen LogP contribution is -2.30. The van der Waals surface area contributed by atoms with Crippen molar-refractivity contribution >= 4 is 33.3 Å². The summed E-state index contributed by atoms with van der Waals surface area (Å²) in [6.07, 6.45) is 6.54. The normalized spacial score (nSPS) is 17.7. The van der Waals surface area contributed by atoms with E-state index in [-0.39, 0.29) is 23.9 Å². The van der Waals surface area contributed by atoms with Crippen molar-refractivity contribution in [2.75, 3.05) is 18.4 Å². The van der Waals surface area contributed by atoms with Gasteiger partial charge in [0, 0.05) is 61.9 Å². The molecule has 4 N–H and O–H groups in total. The number of amides is 2. The van der Waals surface area contributed by atoms with Crippen LogP contribution in [0.3, 0.4) is 0 Å². The van der Waals surface area contributed by atoms with Crippen LogP contribution in [0.25, 0.3) is 20.8 Å². The van der Waals surface area contributed by atoms with Crippen molar-refractivity contribution < 1.29 is 13.9 Å². The van der Waals surface area contributed by atoms with Crippen molar-refractivity contribution in [3.05, 3.63) is 66.2 Å². The maximum atomic E-state index is 14.8. The number of benzene rings is 1. The van der Waals surface area contributed by atoms with Crippen molar-refractivity contribution in [1.82, 2.24) is 20.2 Å². The zero-order valence-electron chi connectivity index (χ0n) is 20.1. The molecule has 10 heteroatoms. The summed E-state index contributed by atoms with van der Waals surface area (Å²) in [6, 6.07) is 12.3. The number of urea groups is 1. The minimum Gasteiger partial charge on any atom is -0.453 e. The molecule has 1 saturated carbocycles. The molecule has 1 aliphatic heterocycles. The SMILES string of the molecule is N[C@H]1CCN(Cc2ccc(-c3cc4nccc(Oc5ccc(NC(=O)NC6CC6)cc5F)c4s3)nc2)C1. The third-order valence-electron chi connectivity index (χ3n) is 6.49. The smallest absolute Gasteiger partial charge is 0.319 e. The van der Waals surface area contributed by atoms with Gasteiger partial charge in [-0.3, -0.25) is 14.9 Å². The van der Waals surface area contributed by atoms with Gasteiger partial charge in [-0.2, -0.15) is 0 Å². The number of nitrogens with one attached hydrogen (secondary N) is 2. The summed E-state index contributed by atoms with van der Waals surface area (Å²) in [5.74, 6) is 0.0104. The van der Waals surface area contributed by atoms with Crippen LogP contribution in [-0.4, -0.2) is 46.1 Å². The topological polar surface area (TPSA) is 105 Å². The Hall–Kier alpha value is -3.60. The van der Waals surface area contributed by atoms with Crippen molar-refractivity contribution in [3.63, 3.8) is 0 Å². The second-order valence-electron chi connectivity index (χ2n) is 9.59. The lowest BCUT2D eigenvalue weighted by atomic mass is 10.2. The fraction of sp³-hybridized carbons (Fsp3) is 0.296. The summed E-state index contributed by atoms with van der Waals surface area (Å²) in [4.78, 5) is 24.4. The Morgan fingerprint density at radius 1 is 1.14 bits per heavy atom. The van der Waals surface area contributed by atoms with Crippen LogP contribution in [0.4, 0.5) is 14.9 Å². The lowest BCUT2D eigenvalue weighted by molar-refractivity contribution is 0.251. The standard InChI is InChI=1S/C27H27FN6O2S/c28-20-11-19(33-27(35)32-18-2-3-18)4-6-23(20)36-24-7-9-30-22-12-25(37-26(22)24)21-5-1-16(13-31-21)14-34-10-8-17(29)15-34/h1,4-7,9,11-13,17-18H,2-3,8,10,14-15,29H2,(H2,32,33,35)/t17-/m0/s1. The summed E-state index contributed by atoms with van der Waals surface area (Å²) >= 11 is 1.50. The molecule has 2 aliphatic rings. The molecule has 6 rings (SSSR count). The van der Waals surface area contributed by atoms with Crippen LogP contribution < -0.4 is 21.1 Å². The van der Waals surface area contributed by atoms with Gasteiger partial charge in [-0.05, 0) is 49.1 Å². The highest BCUT2D eigenvalue weighted by Gasteiger charge is 2.23. The van der Waals surface area contributed by atoms with Gasteiger partial charge in [-0.15, -0.1) is 11.3 Å². The van der Waals surface area contributed by atoms with E-state index in [4.69, 9.17) is 10.5 Å². The molecule has 0 unspecified atom stereocenters. The first-order valence-corrected chi connectivity index (χ1v) is 13.2. The number of halogens is 1. The molecule has 4 aromatic rings. The number of ether oxygens (including phenoxy) is 1. The average Bonchev–Trinajstić information content (AvgIpc) is 3.42. The molecule has 0 spiro atoms. The quantitative estimate of drug-likeness (QED) is 0.314. The van der Waals surface area contributed by atoms with E-state index in [1.165, 1.54) is 23.5 Å². The molecular weight excluding hydrogens is 491 g/mol. The van der Waals surface area contributed by atoms with E-state index in [0.29, 0.717) is 11.4 Å². The second kappa shape index (κ2) is 10.0. The zero-order valence-corrected chi connectivity index (χ0v) is 20.9. The van der Waals surface area contributed by atoms with Gasteiger partial charge in [0.1, 0.15) is 5.75 Å². The van der Waals surface area contributed by atoms with Gasteiger partial charge in [0.2, 0.25) is 0 Å². The molecule has 4 heterocycles. The number of aromatic nitrogens is 2. The third-order valence-corrected chi connectivity index (χ3v) is 7.65. The van der Waals surface area contributed by atoms with E-state index in [2.05, 4.69) is 31.6 Å². The fourth-order valence-corrected chi connectivity index (χ4v) is 5.45. The minimum atomic E-state index is -0.567. The predicted molar refractivity (Wildman–Crippen MR) is 142 cm³/mol. The van der Waals surface area contributed by atoms with E-state index < -0.39 is 5.82 Å². The van der Waals surface area contributed by atoms with Crippen LogP contribution in [-0.2, 0) is 6.54 Å². The molecular formula is C27H27FN6O2S. The molecule has 1 atom stereocenters. The van der Waals surface area contributed by atoms with Crippen molar-refractivity contribution in [2.45, 2.75) is 37.9 Å². The maximum absolute atomic E-state index is 14.8. The van der Waals surface area contributed by atoms with Gasteiger partial charge < -0.3 is 21.1 Å². The molecule has 0 radical (unpaired) electrons. The highest BCUT2D eigenvalue weighted by atomic mass is 32.1. The summed E-state index contributed by atoms with van der Waals surface area (Å²) in [5.41, 5.74) is 9.13. The van der Waals surface area contributed by atoms with Crippen molar-refractivity contribution in [2.24, 2.45) is 5.73 Å². The molecule has 0 bridgehead atoms. The molecule has 2 fully saturated rings. The number of rotatable bonds is 7. The number of pyridine rings is 2. The molecule has 2 amide bonds.